The summed E-state index contributed by atoms with van der Waals surface area (Å²) in [5.74, 6) is -1.23. The van der Waals surface area contributed by atoms with E-state index < -0.39 is 23.1 Å². The van der Waals surface area contributed by atoms with E-state index in [0.29, 0.717) is 24.2 Å². The number of rotatable bonds is 5. The van der Waals surface area contributed by atoms with Gasteiger partial charge >= 0.3 is 5.69 Å². The van der Waals surface area contributed by atoms with Crippen molar-refractivity contribution in [3.8, 4) is 5.69 Å². The summed E-state index contributed by atoms with van der Waals surface area (Å²) < 4.78 is 2.76. The van der Waals surface area contributed by atoms with E-state index in [-0.39, 0.29) is 16.6 Å². The van der Waals surface area contributed by atoms with Gasteiger partial charge in [0, 0.05) is 18.3 Å². The van der Waals surface area contributed by atoms with Crippen molar-refractivity contribution in [3.05, 3.63) is 74.8 Å². The highest BCUT2D eigenvalue weighted by atomic mass is 16.2. The molecule has 13 heteroatoms. The Bertz CT molecular complexity index is 1410. The average Bonchev–Trinajstić information content (AvgIpc) is 3.35. The standard InChI is InChI=1S/C19H17N9O4/c1-2-7-27-15-14(18(31)22-19(27)32)8-12(9-20-15)17(30)24-23-16(29)11-3-5-13(6-4-11)28-10-21-25-26-28/h3-6,8-10H,2,7H2,1H3,(H,23,29)(H,24,30)(H,22,31,32). The first-order valence-corrected chi connectivity index (χ1v) is 9.55. The second kappa shape index (κ2) is 8.59. The number of pyridine rings is 1. The topological polar surface area (TPSA) is 170 Å². The minimum atomic E-state index is -0.675. The highest BCUT2D eigenvalue weighted by molar-refractivity contribution is 6.00. The van der Waals surface area contributed by atoms with Crippen LogP contribution in [0, 0.1) is 0 Å². The molecule has 0 saturated heterocycles. The third-order valence-electron chi connectivity index (χ3n) is 4.57. The molecular weight excluding hydrogens is 418 g/mol. The maximum atomic E-state index is 12.5. The number of benzene rings is 1. The zero-order valence-electron chi connectivity index (χ0n) is 16.8. The zero-order valence-corrected chi connectivity index (χ0v) is 16.8. The van der Waals surface area contributed by atoms with Gasteiger partial charge < -0.3 is 0 Å². The summed E-state index contributed by atoms with van der Waals surface area (Å²) in [4.78, 5) is 55.3. The Morgan fingerprint density at radius 1 is 1.06 bits per heavy atom. The summed E-state index contributed by atoms with van der Waals surface area (Å²) in [7, 11) is 0. The number of hydrazine groups is 1. The number of carbonyl (C=O) groups is 2. The lowest BCUT2D eigenvalue weighted by Gasteiger charge is -2.10. The fourth-order valence-electron chi connectivity index (χ4n) is 3.03. The van der Waals surface area contributed by atoms with Crippen LogP contribution in [-0.4, -0.2) is 46.6 Å². The van der Waals surface area contributed by atoms with Crippen molar-refractivity contribution >= 4 is 22.8 Å². The molecular formula is C19H17N9O4. The molecule has 0 aliphatic rings. The Labute approximate surface area is 179 Å². The molecule has 0 radical (unpaired) electrons. The summed E-state index contributed by atoms with van der Waals surface area (Å²) in [5, 5.41) is 10.9. The van der Waals surface area contributed by atoms with Crippen molar-refractivity contribution in [1.29, 1.82) is 0 Å². The molecule has 3 aromatic heterocycles. The monoisotopic (exact) mass is 435 g/mol. The molecule has 0 fully saturated rings. The van der Waals surface area contributed by atoms with Crippen LogP contribution in [0.1, 0.15) is 34.1 Å². The van der Waals surface area contributed by atoms with Crippen LogP contribution < -0.4 is 22.1 Å². The lowest BCUT2D eigenvalue weighted by atomic mass is 10.2. The number of hydrogen-bond donors (Lipinski definition) is 3. The first-order valence-electron chi connectivity index (χ1n) is 9.55. The van der Waals surface area contributed by atoms with Crippen molar-refractivity contribution in [2.45, 2.75) is 19.9 Å². The van der Waals surface area contributed by atoms with E-state index >= 15 is 0 Å². The van der Waals surface area contributed by atoms with Crippen molar-refractivity contribution < 1.29 is 9.59 Å². The lowest BCUT2D eigenvalue weighted by Crippen LogP contribution is -2.41. The summed E-state index contributed by atoms with van der Waals surface area (Å²) in [6, 6.07) is 7.69. The molecule has 4 rings (SSSR count). The van der Waals surface area contributed by atoms with E-state index in [9.17, 15) is 19.2 Å². The Morgan fingerprint density at radius 2 is 1.78 bits per heavy atom. The summed E-state index contributed by atoms with van der Waals surface area (Å²) in [6.07, 6.45) is 3.31. The molecule has 0 spiro atoms. The van der Waals surface area contributed by atoms with Gasteiger partial charge in [0.1, 0.15) is 12.0 Å². The number of H-pyrrole nitrogens is 1. The molecule has 32 heavy (non-hydrogen) atoms. The van der Waals surface area contributed by atoms with Crippen LogP contribution in [-0.2, 0) is 6.54 Å². The summed E-state index contributed by atoms with van der Waals surface area (Å²) in [6.45, 7) is 2.25. The Morgan fingerprint density at radius 3 is 2.44 bits per heavy atom. The number of fused-ring (bicyclic) bond motifs is 1. The fourth-order valence-corrected chi connectivity index (χ4v) is 3.03. The second-order valence-electron chi connectivity index (χ2n) is 6.72. The molecule has 0 saturated carbocycles. The van der Waals surface area contributed by atoms with Gasteiger partial charge in [0.2, 0.25) is 0 Å². The SMILES string of the molecule is CCCn1c(=O)[nH]c(=O)c2cc(C(=O)NNC(=O)c3ccc(-n4cnnn4)cc3)cnc21. The number of nitrogens with one attached hydrogen (secondary N) is 3. The first-order chi connectivity index (χ1) is 15.5. The van der Waals surface area contributed by atoms with Gasteiger partial charge in [-0.2, -0.15) is 0 Å². The Balaban J connectivity index is 1.48. The quantitative estimate of drug-likeness (QED) is 0.354. The zero-order chi connectivity index (χ0) is 22.7. The van der Waals surface area contributed by atoms with Crippen molar-refractivity contribution in [1.82, 2.24) is 45.6 Å². The molecule has 4 aromatic rings. The molecule has 0 aliphatic carbocycles. The van der Waals surface area contributed by atoms with Gasteiger partial charge in [-0.15, -0.1) is 5.10 Å². The van der Waals surface area contributed by atoms with Crippen LogP contribution in [0.2, 0.25) is 0 Å². The van der Waals surface area contributed by atoms with E-state index in [4.69, 9.17) is 0 Å². The molecule has 0 bridgehead atoms. The number of aryl methyl sites for hydroxylation is 1. The van der Waals surface area contributed by atoms with Crippen LogP contribution in [0.15, 0.2) is 52.4 Å². The maximum Gasteiger partial charge on any atom is 0.329 e. The van der Waals surface area contributed by atoms with Gasteiger partial charge in [-0.25, -0.2) is 14.5 Å². The summed E-state index contributed by atoms with van der Waals surface area (Å²) in [5.41, 5.74) is 4.54. The number of carbonyl (C=O) groups excluding carboxylic acids is 2. The highest BCUT2D eigenvalue weighted by Crippen LogP contribution is 2.09. The third kappa shape index (κ3) is 3.98. The van der Waals surface area contributed by atoms with Gasteiger partial charge in [0.05, 0.1) is 16.6 Å². The van der Waals surface area contributed by atoms with Crippen molar-refractivity contribution in [3.63, 3.8) is 0 Å². The van der Waals surface area contributed by atoms with Gasteiger partial charge in [-0.3, -0.25) is 34.8 Å². The molecule has 0 atom stereocenters. The average molecular weight is 435 g/mol. The number of tetrazole rings is 1. The Hall–Kier alpha value is -4.68. The molecule has 1 aromatic carbocycles. The molecule has 13 nitrogen and oxygen atoms in total. The van der Waals surface area contributed by atoms with E-state index in [0.717, 1.165) is 0 Å². The van der Waals surface area contributed by atoms with E-state index in [1.165, 1.54) is 27.8 Å². The van der Waals surface area contributed by atoms with Crippen molar-refractivity contribution in [2.24, 2.45) is 0 Å². The van der Waals surface area contributed by atoms with E-state index in [1.54, 1.807) is 24.3 Å². The third-order valence-corrected chi connectivity index (χ3v) is 4.57. The maximum absolute atomic E-state index is 12.5. The Kier molecular flexibility index (Phi) is 5.53. The second-order valence-corrected chi connectivity index (χ2v) is 6.72. The van der Waals surface area contributed by atoms with Crippen LogP contribution in [0.3, 0.4) is 0 Å². The van der Waals surface area contributed by atoms with Gasteiger partial charge in [-0.05, 0) is 47.2 Å². The first kappa shape index (κ1) is 20.6. The predicted octanol–water partition coefficient (Wildman–Crippen LogP) is -0.455. The molecule has 0 unspecified atom stereocenters. The molecule has 3 N–H and O–H groups in total. The largest absolute Gasteiger partial charge is 0.329 e. The predicted molar refractivity (Wildman–Crippen MR) is 111 cm³/mol. The lowest BCUT2D eigenvalue weighted by molar-refractivity contribution is 0.0846. The van der Waals surface area contributed by atoms with Gasteiger partial charge in [0.15, 0.2) is 0 Å². The van der Waals surface area contributed by atoms with Crippen LogP contribution >= 0.6 is 0 Å². The summed E-state index contributed by atoms with van der Waals surface area (Å²) >= 11 is 0. The van der Waals surface area contributed by atoms with E-state index in [1.807, 2.05) is 6.92 Å². The molecule has 2 amide bonds. The number of nitrogens with zero attached hydrogens (tertiary/aromatic N) is 6. The normalized spacial score (nSPS) is 10.8. The highest BCUT2D eigenvalue weighted by Gasteiger charge is 2.14. The number of aromatic nitrogens is 7. The number of aromatic amines is 1. The number of hydrogen-bond acceptors (Lipinski definition) is 8. The van der Waals surface area contributed by atoms with Crippen LogP contribution in [0.5, 0.6) is 0 Å². The van der Waals surface area contributed by atoms with Gasteiger partial charge in [0.25, 0.3) is 17.4 Å². The minimum Gasteiger partial charge on any atom is -0.278 e. The van der Waals surface area contributed by atoms with Gasteiger partial charge in [-0.1, -0.05) is 6.92 Å². The minimum absolute atomic E-state index is 0.0408. The van der Waals surface area contributed by atoms with Crippen LogP contribution in [0.25, 0.3) is 16.7 Å². The number of amides is 2. The smallest absolute Gasteiger partial charge is 0.278 e. The molecule has 0 aliphatic heterocycles. The molecule has 162 valence electrons. The fraction of sp³-hybridized carbons (Fsp3) is 0.158. The van der Waals surface area contributed by atoms with Crippen molar-refractivity contribution in [2.75, 3.05) is 0 Å². The molecule has 3 heterocycles. The van der Waals surface area contributed by atoms with Crippen LogP contribution in [0.4, 0.5) is 0 Å². The van der Waals surface area contributed by atoms with E-state index in [2.05, 4.69) is 36.3 Å².